The van der Waals surface area contributed by atoms with Gasteiger partial charge in [0, 0.05) is 11.8 Å². The fraction of sp³-hybridized carbons (Fsp3) is 0.692. The van der Waals surface area contributed by atoms with E-state index in [-0.39, 0.29) is 5.41 Å². The summed E-state index contributed by atoms with van der Waals surface area (Å²) in [6.07, 6.45) is 3.00. The molecule has 0 atom stereocenters. The van der Waals surface area contributed by atoms with Crippen molar-refractivity contribution in [1.82, 2.24) is 25.0 Å². The van der Waals surface area contributed by atoms with Crippen molar-refractivity contribution in [1.29, 1.82) is 0 Å². The molecule has 116 valence electrons. The summed E-state index contributed by atoms with van der Waals surface area (Å²) in [4.78, 5) is 4.39. The lowest BCUT2D eigenvalue weighted by Gasteiger charge is -2.10. The Balaban J connectivity index is 1.97. The minimum Gasteiger partial charge on any atom is -0.338 e. The minimum absolute atomic E-state index is 0.117. The van der Waals surface area contributed by atoms with Crippen LogP contribution in [0.15, 0.2) is 9.68 Å². The van der Waals surface area contributed by atoms with Crippen LogP contribution in [0.2, 0.25) is 0 Å². The first-order valence-corrected chi connectivity index (χ1v) is 8.05. The van der Waals surface area contributed by atoms with E-state index in [1.165, 1.54) is 11.8 Å². The van der Waals surface area contributed by atoms with Gasteiger partial charge in [-0.25, -0.2) is 4.68 Å². The summed E-state index contributed by atoms with van der Waals surface area (Å²) in [6.45, 7) is 8.27. The van der Waals surface area contributed by atoms with E-state index in [9.17, 15) is 0 Å². The molecule has 0 bridgehead atoms. The third kappa shape index (κ3) is 3.96. The number of rotatable bonds is 6. The summed E-state index contributed by atoms with van der Waals surface area (Å²) in [6, 6.07) is 0. The van der Waals surface area contributed by atoms with Gasteiger partial charge < -0.3 is 10.4 Å². The minimum atomic E-state index is -0.117. The summed E-state index contributed by atoms with van der Waals surface area (Å²) in [5.41, 5.74) is -0.117. The molecule has 2 rings (SSSR count). The molecule has 0 radical (unpaired) electrons. The zero-order valence-corrected chi connectivity index (χ0v) is 13.8. The van der Waals surface area contributed by atoms with Gasteiger partial charge in [0.2, 0.25) is 11.0 Å². The maximum Gasteiger partial charge on any atom is 0.237 e. The van der Waals surface area contributed by atoms with Gasteiger partial charge in [-0.1, -0.05) is 51.0 Å². The number of hydrogen-bond donors (Lipinski definition) is 1. The van der Waals surface area contributed by atoms with Gasteiger partial charge in [-0.05, 0) is 6.42 Å². The van der Waals surface area contributed by atoms with Crippen LogP contribution in [0, 0.1) is 0 Å². The van der Waals surface area contributed by atoms with E-state index in [4.69, 9.17) is 10.4 Å². The van der Waals surface area contributed by atoms with Crippen LogP contribution in [0.3, 0.4) is 0 Å². The second-order valence-electron chi connectivity index (χ2n) is 5.92. The number of aromatic nitrogens is 5. The average Bonchev–Trinajstić information content (AvgIpc) is 3.01. The first kappa shape index (κ1) is 15.8. The molecule has 2 aromatic heterocycles. The molecule has 0 fully saturated rings. The molecule has 2 aromatic rings. The highest BCUT2D eigenvalue weighted by molar-refractivity contribution is 7.98. The number of aryl methyl sites for hydroxylation is 1. The first-order chi connectivity index (χ1) is 9.91. The van der Waals surface area contributed by atoms with Crippen molar-refractivity contribution in [2.24, 2.45) is 0 Å². The van der Waals surface area contributed by atoms with Gasteiger partial charge in [0.05, 0.1) is 5.75 Å². The van der Waals surface area contributed by atoms with E-state index in [2.05, 4.69) is 27.3 Å². The third-order valence-corrected chi connectivity index (χ3v) is 3.88. The number of nitrogens with two attached hydrogens (primary N) is 1. The van der Waals surface area contributed by atoms with Crippen LogP contribution in [0.25, 0.3) is 0 Å². The lowest BCUT2D eigenvalue weighted by molar-refractivity contribution is 0.372. The lowest BCUT2D eigenvalue weighted by Crippen LogP contribution is -2.14. The molecule has 0 unspecified atom stereocenters. The van der Waals surface area contributed by atoms with Crippen LogP contribution in [0.1, 0.15) is 58.1 Å². The summed E-state index contributed by atoms with van der Waals surface area (Å²) in [5.74, 6) is 8.60. The van der Waals surface area contributed by atoms with Gasteiger partial charge in [0.1, 0.15) is 0 Å². The maximum absolute atomic E-state index is 5.99. The molecule has 7 nitrogen and oxygen atoms in total. The van der Waals surface area contributed by atoms with Crippen molar-refractivity contribution in [3.05, 3.63) is 17.5 Å². The largest absolute Gasteiger partial charge is 0.338 e. The van der Waals surface area contributed by atoms with Crippen molar-refractivity contribution >= 4 is 11.8 Å². The normalized spacial score (nSPS) is 12.0. The van der Waals surface area contributed by atoms with Gasteiger partial charge in [-0.2, -0.15) is 4.98 Å². The van der Waals surface area contributed by atoms with Crippen molar-refractivity contribution in [2.75, 3.05) is 5.84 Å². The molecule has 0 aliphatic heterocycles. The Kier molecular flexibility index (Phi) is 4.87. The van der Waals surface area contributed by atoms with Gasteiger partial charge in [0.15, 0.2) is 11.6 Å². The highest BCUT2D eigenvalue weighted by Gasteiger charge is 2.21. The van der Waals surface area contributed by atoms with Crippen LogP contribution in [-0.4, -0.2) is 25.0 Å². The molecule has 2 heterocycles. The number of nitrogen functional groups attached to an aromatic ring is 1. The van der Waals surface area contributed by atoms with E-state index < -0.39 is 0 Å². The molecule has 0 spiro atoms. The molecule has 0 saturated heterocycles. The van der Waals surface area contributed by atoms with Gasteiger partial charge in [-0.15, -0.1) is 10.2 Å². The number of unbranched alkanes of at least 4 members (excludes halogenated alkanes) is 1. The van der Waals surface area contributed by atoms with Crippen molar-refractivity contribution < 1.29 is 4.52 Å². The fourth-order valence-corrected chi connectivity index (χ4v) is 2.37. The standard InChI is InChI=1S/C13H22N6OS/c1-5-6-7-9-16-17-12(19(9)14)21-8-10-15-11(18-20-10)13(2,3)4/h5-8,14H2,1-4H3. The smallest absolute Gasteiger partial charge is 0.237 e. The number of hydrogen-bond acceptors (Lipinski definition) is 7. The van der Waals surface area contributed by atoms with Gasteiger partial charge in [0.25, 0.3) is 0 Å². The second-order valence-corrected chi connectivity index (χ2v) is 6.87. The van der Waals surface area contributed by atoms with Gasteiger partial charge >= 0.3 is 0 Å². The predicted molar refractivity (Wildman–Crippen MR) is 81.3 cm³/mol. The monoisotopic (exact) mass is 310 g/mol. The van der Waals surface area contributed by atoms with Crippen LogP contribution in [-0.2, 0) is 17.6 Å². The number of thioether (sulfide) groups is 1. The first-order valence-electron chi connectivity index (χ1n) is 7.07. The zero-order valence-electron chi connectivity index (χ0n) is 13.0. The molecule has 0 aliphatic carbocycles. The van der Waals surface area contributed by atoms with E-state index in [1.54, 1.807) is 4.68 Å². The molecule has 2 N–H and O–H groups in total. The molecular weight excluding hydrogens is 288 g/mol. The molecule has 0 aromatic carbocycles. The average molecular weight is 310 g/mol. The second kappa shape index (κ2) is 6.46. The molecule has 21 heavy (non-hydrogen) atoms. The Hall–Kier alpha value is -1.57. The van der Waals surface area contributed by atoms with Crippen LogP contribution >= 0.6 is 11.8 Å². The molecule has 0 amide bonds. The SMILES string of the molecule is CCCCc1nnc(SCc2nc(C(C)(C)C)no2)n1N. The Morgan fingerprint density at radius 1 is 1.29 bits per heavy atom. The van der Waals surface area contributed by atoms with Crippen molar-refractivity contribution in [2.45, 2.75) is 63.3 Å². The zero-order chi connectivity index (χ0) is 15.5. The molecule has 0 saturated carbocycles. The van der Waals surface area contributed by atoms with Crippen LogP contribution in [0.4, 0.5) is 0 Å². The Labute approximate surface area is 128 Å². The molecule has 8 heteroatoms. The van der Waals surface area contributed by atoms with Crippen molar-refractivity contribution in [3.8, 4) is 0 Å². The summed E-state index contributed by atoms with van der Waals surface area (Å²) in [5, 5.41) is 12.9. The molecular formula is C13H22N6OS. The summed E-state index contributed by atoms with van der Waals surface area (Å²) < 4.78 is 6.79. The van der Waals surface area contributed by atoms with Crippen molar-refractivity contribution in [3.63, 3.8) is 0 Å². The van der Waals surface area contributed by atoms with E-state index in [1.807, 2.05) is 20.8 Å². The summed E-state index contributed by atoms with van der Waals surface area (Å²) >= 11 is 1.45. The fourth-order valence-electron chi connectivity index (χ4n) is 1.66. The number of nitrogens with zero attached hydrogens (tertiary/aromatic N) is 5. The lowest BCUT2D eigenvalue weighted by atomic mass is 9.96. The van der Waals surface area contributed by atoms with E-state index in [0.29, 0.717) is 22.6 Å². The maximum atomic E-state index is 5.99. The highest BCUT2D eigenvalue weighted by atomic mass is 32.2. The van der Waals surface area contributed by atoms with Crippen LogP contribution in [0.5, 0.6) is 0 Å². The van der Waals surface area contributed by atoms with Crippen LogP contribution < -0.4 is 5.84 Å². The Bertz CT molecular complexity index is 586. The van der Waals surface area contributed by atoms with Gasteiger partial charge in [-0.3, -0.25) is 0 Å². The summed E-state index contributed by atoms with van der Waals surface area (Å²) in [7, 11) is 0. The topological polar surface area (TPSA) is 95.6 Å². The Morgan fingerprint density at radius 2 is 2.05 bits per heavy atom. The van der Waals surface area contributed by atoms with E-state index >= 15 is 0 Å². The Morgan fingerprint density at radius 3 is 2.67 bits per heavy atom. The van der Waals surface area contributed by atoms with E-state index in [0.717, 1.165) is 25.1 Å². The molecule has 0 aliphatic rings. The highest BCUT2D eigenvalue weighted by Crippen LogP contribution is 2.23. The third-order valence-electron chi connectivity index (χ3n) is 2.95. The quantitative estimate of drug-likeness (QED) is 0.646. The predicted octanol–water partition coefficient (Wildman–Crippen LogP) is 2.31.